The third-order valence-electron chi connectivity index (χ3n) is 2.92. The lowest BCUT2D eigenvalue weighted by molar-refractivity contribution is -0.119. The van der Waals surface area contributed by atoms with E-state index in [0.717, 1.165) is 28.4 Å². The Bertz CT molecular complexity index is 657. The summed E-state index contributed by atoms with van der Waals surface area (Å²) in [6.45, 7) is 3.42. The van der Waals surface area contributed by atoms with E-state index in [9.17, 15) is 13.6 Å². The molecular formula is C13H12BrF2N3O. The number of nitrogens with one attached hydrogen (secondary N) is 1. The van der Waals surface area contributed by atoms with Gasteiger partial charge < -0.3 is 5.32 Å². The number of halogens is 3. The predicted octanol–water partition coefficient (Wildman–Crippen LogP) is 3.43. The van der Waals surface area contributed by atoms with E-state index in [1.165, 1.54) is 4.68 Å². The number of carbonyl (C=O) groups excluding carboxylic acids is 1. The third kappa shape index (κ3) is 2.87. The van der Waals surface area contributed by atoms with Gasteiger partial charge >= 0.3 is 0 Å². The molecule has 1 aromatic carbocycles. The third-order valence-corrected chi connectivity index (χ3v) is 3.70. The number of nitrogens with zero attached hydrogens (tertiary/aromatic N) is 2. The Morgan fingerprint density at radius 2 is 2.15 bits per heavy atom. The number of aromatic nitrogens is 2. The molecule has 0 radical (unpaired) electrons. The summed E-state index contributed by atoms with van der Waals surface area (Å²) in [5, 5.41) is 6.41. The summed E-state index contributed by atoms with van der Waals surface area (Å²) in [5.41, 5.74) is 0.582. The molecule has 0 fully saturated rings. The summed E-state index contributed by atoms with van der Waals surface area (Å²) in [6, 6.07) is 2.24. The average Bonchev–Trinajstić information content (AvgIpc) is 2.73. The number of amides is 1. The van der Waals surface area contributed by atoms with Gasteiger partial charge in [0.1, 0.15) is 17.7 Å². The smallest absolute Gasteiger partial charge is 0.249 e. The lowest BCUT2D eigenvalue weighted by Gasteiger charge is -2.15. The van der Waals surface area contributed by atoms with Gasteiger partial charge in [-0.05, 0) is 41.9 Å². The Morgan fingerprint density at radius 1 is 1.45 bits per heavy atom. The number of hydrogen-bond donors (Lipinski definition) is 1. The first kappa shape index (κ1) is 14.6. The molecule has 2 rings (SSSR count). The van der Waals surface area contributed by atoms with Crippen molar-refractivity contribution in [3.63, 3.8) is 0 Å². The quantitative estimate of drug-likeness (QED) is 0.927. The van der Waals surface area contributed by atoms with Crippen molar-refractivity contribution < 1.29 is 13.6 Å². The molecule has 1 atom stereocenters. The Morgan fingerprint density at radius 3 is 2.75 bits per heavy atom. The van der Waals surface area contributed by atoms with Crippen molar-refractivity contribution in [3.8, 4) is 0 Å². The van der Waals surface area contributed by atoms with E-state index in [4.69, 9.17) is 0 Å². The predicted molar refractivity (Wildman–Crippen MR) is 74.4 cm³/mol. The largest absolute Gasteiger partial charge is 0.322 e. The monoisotopic (exact) mass is 343 g/mol. The second-order valence-corrected chi connectivity index (χ2v) is 5.17. The SMILES string of the molecule is Cc1c(Br)cnn1[C@H](C)C(=O)Nc1cc(F)ccc1F. The van der Waals surface area contributed by atoms with Gasteiger partial charge in [0, 0.05) is 6.07 Å². The first-order chi connectivity index (χ1) is 9.40. The molecule has 0 spiro atoms. The summed E-state index contributed by atoms with van der Waals surface area (Å²) in [5.74, 6) is -1.79. The van der Waals surface area contributed by atoms with E-state index in [1.54, 1.807) is 20.0 Å². The molecule has 7 heteroatoms. The Balaban J connectivity index is 2.20. The first-order valence-corrected chi connectivity index (χ1v) is 6.65. The molecule has 0 bridgehead atoms. The molecule has 1 amide bonds. The van der Waals surface area contributed by atoms with Crippen LogP contribution in [0.25, 0.3) is 0 Å². The Kier molecular flexibility index (Phi) is 4.17. The summed E-state index contributed by atoms with van der Waals surface area (Å²) in [6.07, 6.45) is 1.57. The minimum atomic E-state index is -0.690. The van der Waals surface area contributed by atoms with Crippen molar-refractivity contribution in [2.45, 2.75) is 19.9 Å². The van der Waals surface area contributed by atoms with Gasteiger partial charge in [0.25, 0.3) is 0 Å². The number of rotatable bonds is 3. The van der Waals surface area contributed by atoms with E-state index in [0.29, 0.717) is 0 Å². The van der Waals surface area contributed by atoms with Crippen LogP contribution in [0.5, 0.6) is 0 Å². The highest BCUT2D eigenvalue weighted by molar-refractivity contribution is 9.10. The van der Waals surface area contributed by atoms with Crippen LogP contribution in [-0.4, -0.2) is 15.7 Å². The summed E-state index contributed by atoms with van der Waals surface area (Å²) < 4.78 is 28.8. The zero-order valence-electron chi connectivity index (χ0n) is 10.8. The summed E-state index contributed by atoms with van der Waals surface area (Å²) in [4.78, 5) is 12.1. The molecule has 0 aliphatic carbocycles. The molecule has 20 heavy (non-hydrogen) atoms. The van der Waals surface area contributed by atoms with Crippen molar-refractivity contribution >= 4 is 27.5 Å². The molecule has 0 unspecified atom stereocenters. The van der Waals surface area contributed by atoms with Crippen LogP contribution < -0.4 is 5.32 Å². The highest BCUT2D eigenvalue weighted by Crippen LogP contribution is 2.21. The molecule has 1 N–H and O–H groups in total. The van der Waals surface area contributed by atoms with Crippen LogP contribution in [-0.2, 0) is 4.79 Å². The van der Waals surface area contributed by atoms with E-state index in [2.05, 4.69) is 26.3 Å². The van der Waals surface area contributed by atoms with Crippen molar-refractivity contribution in [3.05, 3.63) is 46.2 Å². The second kappa shape index (κ2) is 5.70. The van der Waals surface area contributed by atoms with Crippen LogP contribution in [0.2, 0.25) is 0 Å². The normalized spacial score (nSPS) is 12.2. The molecule has 4 nitrogen and oxygen atoms in total. The van der Waals surface area contributed by atoms with Gasteiger partial charge in [-0.25, -0.2) is 8.78 Å². The van der Waals surface area contributed by atoms with Gasteiger partial charge in [-0.2, -0.15) is 5.10 Å². The van der Waals surface area contributed by atoms with Gasteiger partial charge in [-0.15, -0.1) is 0 Å². The van der Waals surface area contributed by atoms with Crippen LogP contribution in [0.3, 0.4) is 0 Å². The molecular weight excluding hydrogens is 332 g/mol. The van der Waals surface area contributed by atoms with Crippen molar-refractivity contribution in [1.82, 2.24) is 9.78 Å². The van der Waals surface area contributed by atoms with E-state index in [1.807, 2.05) is 0 Å². The van der Waals surface area contributed by atoms with Crippen LogP contribution in [0, 0.1) is 18.6 Å². The number of carbonyl (C=O) groups is 1. The van der Waals surface area contributed by atoms with E-state index < -0.39 is 23.6 Å². The van der Waals surface area contributed by atoms with Crippen molar-refractivity contribution in [2.24, 2.45) is 0 Å². The minimum absolute atomic E-state index is 0.189. The zero-order valence-corrected chi connectivity index (χ0v) is 12.4. The lowest BCUT2D eigenvalue weighted by Crippen LogP contribution is -2.25. The van der Waals surface area contributed by atoms with Crippen LogP contribution in [0.15, 0.2) is 28.9 Å². The number of hydrogen-bond acceptors (Lipinski definition) is 2. The Labute approximate surface area is 122 Å². The van der Waals surface area contributed by atoms with E-state index in [-0.39, 0.29) is 5.69 Å². The van der Waals surface area contributed by atoms with Gasteiger partial charge in [0.15, 0.2) is 0 Å². The maximum atomic E-state index is 13.5. The highest BCUT2D eigenvalue weighted by atomic mass is 79.9. The van der Waals surface area contributed by atoms with Gasteiger partial charge in [0.2, 0.25) is 5.91 Å². The fourth-order valence-corrected chi connectivity index (χ4v) is 2.01. The van der Waals surface area contributed by atoms with Crippen molar-refractivity contribution in [2.75, 3.05) is 5.32 Å². The minimum Gasteiger partial charge on any atom is -0.322 e. The maximum absolute atomic E-state index is 13.5. The number of benzene rings is 1. The molecule has 1 aromatic heterocycles. The standard InChI is InChI=1S/C13H12BrF2N3O/c1-7-10(14)6-17-19(7)8(2)13(20)18-12-5-9(15)3-4-11(12)16/h3-6,8H,1-2H3,(H,18,20)/t8-/m1/s1. The molecule has 0 aliphatic rings. The van der Waals surface area contributed by atoms with Gasteiger partial charge in [0.05, 0.1) is 22.1 Å². The molecule has 106 valence electrons. The molecule has 2 aromatic rings. The lowest BCUT2D eigenvalue weighted by atomic mass is 10.2. The summed E-state index contributed by atoms with van der Waals surface area (Å²) >= 11 is 3.30. The second-order valence-electron chi connectivity index (χ2n) is 4.31. The van der Waals surface area contributed by atoms with Gasteiger partial charge in [-0.1, -0.05) is 0 Å². The van der Waals surface area contributed by atoms with Crippen molar-refractivity contribution in [1.29, 1.82) is 0 Å². The molecule has 0 saturated carbocycles. The fourth-order valence-electron chi connectivity index (χ4n) is 1.73. The highest BCUT2D eigenvalue weighted by Gasteiger charge is 2.19. The number of anilines is 1. The van der Waals surface area contributed by atoms with Crippen LogP contribution in [0.1, 0.15) is 18.7 Å². The average molecular weight is 344 g/mol. The van der Waals surface area contributed by atoms with Crippen LogP contribution >= 0.6 is 15.9 Å². The Hall–Kier alpha value is -1.76. The topological polar surface area (TPSA) is 46.9 Å². The molecule has 0 saturated heterocycles. The first-order valence-electron chi connectivity index (χ1n) is 5.85. The molecule has 0 aliphatic heterocycles. The maximum Gasteiger partial charge on any atom is 0.249 e. The van der Waals surface area contributed by atoms with E-state index >= 15 is 0 Å². The molecule has 1 heterocycles. The van der Waals surface area contributed by atoms with Gasteiger partial charge in [-0.3, -0.25) is 9.48 Å². The summed E-state index contributed by atoms with van der Waals surface area (Å²) in [7, 11) is 0. The fraction of sp³-hybridized carbons (Fsp3) is 0.231. The van der Waals surface area contributed by atoms with Crippen LogP contribution in [0.4, 0.5) is 14.5 Å². The zero-order chi connectivity index (χ0) is 14.9.